The fraction of sp³-hybridized carbons (Fsp3) is 0.545. The average molecular weight is 275 g/mol. The molecule has 1 aromatic rings. The van der Waals surface area contributed by atoms with Crippen LogP contribution in [0.25, 0.3) is 0 Å². The van der Waals surface area contributed by atoms with Gasteiger partial charge in [-0.1, -0.05) is 6.92 Å². The molecule has 1 rings (SSSR count). The van der Waals surface area contributed by atoms with E-state index >= 15 is 0 Å². The van der Waals surface area contributed by atoms with Crippen molar-refractivity contribution in [2.75, 3.05) is 0 Å². The number of hydrogen-bond acceptors (Lipinski definition) is 3. The minimum atomic E-state index is -3.75. The summed E-state index contributed by atoms with van der Waals surface area (Å²) in [5, 5.41) is -0.0803. The minimum absolute atomic E-state index is 0.0803. The first-order valence-corrected chi connectivity index (χ1v) is 7.74. The second-order valence-corrected chi connectivity index (χ2v) is 6.20. The summed E-state index contributed by atoms with van der Waals surface area (Å²) < 4.78 is 24.2. The first-order valence-electron chi connectivity index (χ1n) is 5.43. The second kappa shape index (κ2) is 6.08. The van der Waals surface area contributed by atoms with E-state index in [4.69, 9.17) is 17.1 Å². The molecule has 0 aliphatic carbocycles. The Hall–Kier alpha value is -0.990. The van der Waals surface area contributed by atoms with E-state index in [1.807, 2.05) is 11.5 Å². The Bertz CT molecular complexity index is 514. The minimum Gasteiger partial charge on any atom is -0.333 e. The van der Waals surface area contributed by atoms with E-state index in [-0.39, 0.29) is 5.03 Å². The summed E-state index contributed by atoms with van der Waals surface area (Å²) in [4.78, 5) is 4.04. The van der Waals surface area contributed by atoms with E-state index in [1.165, 1.54) is 6.20 Å². The molecule has 1 heterocycles. The molecule has 0 aromatic carbocycles. The number of nitrogens with zero attached hydrogens (tertiary/aromatic N) is 2. The first-order chi connectivity index (χ1) is 7.99. The topological polar surface area (TPSA) is 52.0 Å². The summed E-state index contributed by atoms with van der Waals surface area (Å²) in [7, 11) is 1.52. The van der Waals surface area contributed by atoms with Crippen LogP contribution in [0.4, 0.5) is 0 Å². The van der Waals surface area contributed by atoms with Crippen LogP contribution in [0.5, 0.6) is 0 Å². The van der Waals surface area contributed by atoms with Gasteiger partial charge in [0.25, 0.3) is 9.05 Å². The molecule has 0 spiro atoms. The van der Waals surface area contributed by atoms with Crippen LogP contribution in [0.2, 0.25) is 0 Å². The summed E-state index contributed by atoms with van der Waals surface area (Å²) in [6, 6.07) is 0. The first kappa shape index (κ1) is 14.1. The predicted molar refractivity (Wildman–Crippen MR) is 67.3 cm³/mol. The standard InChI is InChI=1S/C11H15ClN2O2S/c1-3-5-6-8-14-9-11(17(12,15)16)13-10(14)7-4-2/h1,9H,4-8H2,2H3. The van der Waals surface area contributed by atoms with E-state index in [1.54, 1.807) is 0 Å². The molecular formula is C11H15ClN2O2S. The monoisotopic (exact) mass is 274 g/mol. The molecule has 0 amide bonds. The van der Waals surface area contributed by atoms with Crippen molar-refractivity contribution in [2.45, 2.75) is 44.2 Å². The van der Waals surface area contributed by atoms with Crippen molar-refractivity contribution in [1.82, 2.24) is 9.55 Å². The molecule has 6 heteroatoms. The van der Waals surface area contributed by atoms with Gasteiger partial charge in [0, 0.05) is 36.3 Å². The fourth-order valence-electron chi connectivity index (χ4n) is 1.51. The van der Waals surface area contributed by atoms with Crippen LogP contribution in [0.1, 0.15) is 32.0 Å². The smallest absolute Gasteiger partial charge is 0.280 e. The van der Waals surface area contributed by atoms with Gasteiger partial charge >= 0.3 is 0 Å². The number of hydrogen-bond donors (Lipinski definition) is 0. The van der Waals surface area contributed by atoms with Crippen molar-refractivity contribution in [3.63, 3.8) is 0 Å². The van der Waals surface area contributed by atoms with Crippen molar-refractivity contribution < 1.29 is 8.42 Å². The number of rotatable bonds is 6. The molecule has 4 nitrogen and oxygen atoms in total. The molecule has 0 saturated heterocycles. The Kier molecular flexibility index (Phi) is 5.03. The Morgan fingerprint density at radius 1 is 1.59 bits per heavy atom. The van der Waals surface area contributed by atoms with Crippen LogP contribution in [-0.4, -0.2) is 18.0 Å². The van der Waals surface area contributed by atoms with Crippen molar-refractivity contribution in [1.29, 1.82) is 0 Å². The van der Waals surface area contributed by atoms with Gasteiger partial charge in [0.15, 0.2) is 5.03 Å². The van der Waals surface area contributed by atoms with E-state index in [0.29, 0.717) is 13.0 Å². The maximum absolute atomic E-state index is 11.2. The van der Waals surface area contributed by atoms with Gasteiger partial charge in [0.2, 0.25) is 0 Å². The third-order valence-electron chi connectivity index (χ3n) is 2.28. The fourth-order valence-corrected chi connectivity index (χ4v) is 2.20. The highest BCUT2D eigenvalue weighted by Crippen LogP contribution is 2.16. The van der Waals surface area contributed by atoms with Gasteiger partial charge in [0.05, 0.1) is 0 Å². The number of terminal acetylenes is 1. The Morgan fingerprint density at radius 2 is 2.29 bits per heavy atom. The molecule has 0 unspecified atom stereocenters. The second-order valence-electron chi connectivity index (χ2n) is 3.68. The molecule has 0 fully saturated rings. The molecule has 0 N–H and O–H groups in total. The number of aromatic nitrogens is 2. The molecular weight excluding hydrogens is 260 g/mol. The maximum Gasteiger partial charge on any atom is 0.280 e. The zero-order valence-electron chi connectivity index (χ0n) is 9.69. The lowest BCUT2D eigenvalue weighted by Crippen LogP contribution is -2.02. The zero-order chi connectivity index (χ0) is 12.9. The van der Waals surface area contributed by atoms with E-state index in [9.17, 15) is 8.42 Å². The van der Waals surface area contributed by atoms with Gasteiger partial charge in [-0.3, -0.25) is 0 Å². The van der Waals surface area contributed by atoms with Crippen molar-refractivity contribution in [2.24, 2.45) is 0 Å². The Morgan fingerprint density at radius 3 is 2.82 bits per heavy atom. The van der Waals surface area contributed by atoms with Crippen molar-refractivity contribution in [3.05, 3.63) is 12.0 Å². The lowest BCUT2D eigenvalue weighted by atomic mass is 10.3. The molecule has 0 bridgehead atoms. The molecule has 0 radical (unpaired) electrons. The molecule has 94 valence electrons. The van der Waals surface area contributed by atoms with Crippen LogP contribution in [0.3, 0.4) is 0 Å². The predicted octanol–water partition coefficient (Wildman–Crippen LogP) is 2.18. The molecule has 1 aromatic heterocycles. The Balaban J connectivity index is 2.94. The third kappa shape index (κ3) is 4.06. The Labute approximate surface area is 106 Å². The summed E-state index contributed by atoms with van der Waals surface area (Å²) in [6.07, 6.45) is 9.73. The summed E-state index contributed by atoms with van der Waals surface area (Å²) in [5.41, 5.74) is 0. The van der Waals surface area contributed by atoms with Crippen LogP contribution >= 0.6 is 10.7 Å². The van der Waals surface area contributed by atoms with Crippen molar-refractivity contribution >= 4 is 19.7 Å². The summed E-state index contributed by atoms with van der Waals surface area (Å²) >= 11 is 0. The van der Waals surface area contributed by atoms with Gasteiger partial charge in [-0.25, -0.2) is 13.4 Å². The largest absolute Gasteiger partial charge is 0.333 e. The van der Waals surface area contributed by atoms with Crippen LogP contribution in [0.15, 0.2) is 11.2 Å². The zero-order valence-corrected chi connectivity index (χ0v) is 11.3. The third-order valence-corrected chi connectivity index (χ3v) is 3.45. The number of imidazole rings is 1. The van der Waals surface area contributed by atoms with Gasteiger partial charge in [0.1, 0.15) is 5.82 Å². The van der Waals surface area contributed by atoms with E-state index in [2.05, 4.69) is 10.9 Å². The van der Waals surface area contributed by atoms with Crippen LogP contribution in [-0.2, 0) is 22.0 Å². The normalized spacial score (nSPS) is 11.4. The quantitative estimate of drug-likeness (QED) is 0.454. The molecule has 0 aliphatic heterocycles. The molecule has 0 aliphatic rings. The molecule has 0 atom stereocenters. The van der Waals surface area contributed by atoms with E-state index in [0.717, 1.165) is 25.1 Å². The van der Waals surface area contributed by atoms with Crippen LogP contribution in [0, 0.1) is 12.3 Å². The number of aryl methyl sites for hydroxylation is 2. The lowest BCUT2D eigenvalue weighted by Gasteiger charge is -2.04. The SMILES string of the molecule is C#CCCCn1cc(S(=O)(=O)Cl)nc1CCC. The van der Waals surface area contributed by atoms with Gasteiger partial charge in [-0.05, 0) is 12.8 Å². The molecule has 0 saturated carbocycles. The maximum atomic E-state index is 11.2. The number of unbranched alkanes of at least 4 members (excludes halogenated alkanes) is 1. The number of halogens is 1. The van der Waals surface area contributed by atoms with Crippen LogP contribution < -0.4 is 0 Å². The summed E-state index contributed by atoms with van der Waals surface area (Å²) in [5.74, 6) is 3.29. The lowest BCUT2D eigenvalue weighted by molar-refractivity contribution is 0.606. The highest BCUT2D eigenvalue weighted by atomic mass is 35.7. The van der Waals surface area contributed by atoms with Gasteiger partial charge in [-0.2, -0.15) is 0 Å². The highest BCUT2D eigenvalue weighted by molar-refractivity contribution is 8.13. The summed E-state index contributed by atoms with van der Waals surface area (Å²) in [6.45, 7) is 2.67. The molecule has 17 heavy (non-hydrogen) atoms. The highest BCUT2D eigenvalue weighted by Gasteiger charge is 2.17. The van der Waals surface area contributed by atoms with Crippen molar-refractivity contribution in [3.8, 4) is 12.3 Å². The van der Waals surface area contributed by atoms with Gasteiger partial charge < -0.3 is 4.57 Å². The van der Waals surface area contributed by atoms with E-state index < -0.39 is 9.05 Å². The average Bonchev–Trinajstić information content (AvgIpc) is 2.62. The van der Waals surface area contributed by atoms with Gasteiger partial charge in [-0.15, -0.1) is 12.3 Å².